The Morgan fingerprint density at radius 3 is 2.79 bits per heavy atom. The van der Waals surface area contributed by atoms with Crippen molar-refractivity contribution < 1.29 is 13.9 Å². The molecule has 0 saturated carbocycles. The fourth-order valence-corrected chi connectivity index (χ4v) is 6.91. The lowest BCUT2D eigenvalue weighted by molar-refractivity contribution is -0.116. The highest BCUT2D eigenvalue weighted by atomic mass is 35.5. The summed E-state index contributed by atoms with van der Waals surface area (Å²) in [5.41, 5.74) is 1.81. The number of nitrogens with one attached hydrogen (secondary N) is 2. The van der Waals surface area contributed by atoms with Gasteiger partial charge in [0.1, 0.15) is 23.7 Å². The van der Waals surface area contributed by atoms with Gasteiger partial charge >= 0.3 is 0 Å². The van der Waals surface area contributed by atoms with Gasteiger partial charge < -0.3 is 15.4 Å². The molecule has 2 N–H and O–H groups in total. The number of fused-ring (bicyclic) bond motifs is 1. The molecule has 1 amide bonds. The van der Waals surface area contributed by atoms with E-state index in [1.54, 1.807) is 18.2 Å². The van der Waals surface area contributed by atoms with Crippen molar-refractivity contribution in [1.29, 1.82) is 0 Å². The maximum Gasteiger partial charge on any atom is 0.224 e. The van der Waals surface area contributed by atoms with E-state index in [-0.39, 0.29) is 10.9 Å². The van der Waals surface area contributed by atoms with E-state index in [0.717, 1.165) is 18.8 Å². The molecule has 3 aromatic rings. The lowest BCUT2D eigenvalue weighted by Gasteiger charge is -2.15. The van der Waals surface area contributed by atoms with Gasteiger partial charge in [0.25, 0.3) is 0 Å². The van der Waals surface area contributed by atoms with E-state index in [2.05, 4.69) is 20.6 Å². The Bertz CT molecular complexity index is 1160. The van der Waals surface area contributed by atoms with E-state index in [4.69, 9.17) is 16.3 Å². The number of hydrogen-bond donors (Lipinski definition) is 2. The fraction of sp³-hybridized carbons (Fsp3) is 0.375. The molecule has 6 nitrogen and oxygen atoms in total. The zero-order valence-electron chi connectivity index (χ0n) is 18.8. The first-order chi connectivity index (χ1) is 16.5. The average Bonchev–Trinajstić information content (AvgIpc) is 3.34. The molecule has 1 aromatic heterocycles. The minimum atomic E-state index is -0.493. The molecular formula is C24H26ClFN4O2S2. The molecule has 0 aliphatic carbocycles. The van der Waals surface area contributed by atoms with Gasteiger partial charge in [-0.2, -0.15) is 0 Å². The summed E-state index contributed by atoms with van der Waals surface area (Å²) >= 11 is 5.91. The van der Waals surface area contributed by atoms with Crippen LogP contribution in [0.3, 0.4) is 0 Å². The first-order valence-corrected chi connectivity index (χ1v) is 14.1. The molecular weight excluding hydrogens is 495 g/mol. The van der Waals surface area contributed by atoms with Crippen LogP contribution >= 0.6 is 33.2 Å². The summed E-state index contributed by atoms with van der Waals surface area (Å²) in [7, 11) is 3.89. The summed E-state index contributed by atoms with van der Waals surface area (Å²) < 4.78 is 19.3. The van der Waals surface area contributed by atoms with Crippen LogP contribution in [-0.2, 0) is 4.79 Å². The molecule has 1 fully saturated rings. The number of halogens is 2. The highest BCUT2D eigenvalue weighted by Crippen LogP contribution is 2.37. The highest BCUT2D eigenvalue weighted by molar-refractivity contribution is 8.77. The van der Waals surface area contributed by atoms with E-state index in [1.165, 1.54) is 36.4 Å². The van der Waals surface area contributed by atoms with Crippen LogP contribution in [0, 0.1) is 11.7 Å². The molecule has 1 aliphatic heterocycles. The van der Waals surface area contributed by atoms with Crippen LogP contribution in [0.5, 0.6) is 5.75 Å². The maximum atomic E-state index is 13.5. The van der Waals surface area contributed by atoms with Crippen molar-refractivity contribution in [3.63, 3.8) is 0 Å². The number of benzene rings is 2. The maximum absolute atomic E-state index is 13.5. The van der Waals surface area contributed by atoms with Crippen molar-refractivity contribution >= 4 is 67.2 Å². The number of rotatable bonds is 10. The van der Waals surface area contributed by atoms with Crippen molar-refractivity contribution in [2.75, 3.05) is 28.7 Å². The van der Waals surface area contributed by atoms with Gasteiger partial charge in [-0.1, -0.05) is 39.6 Å². The number of nitrogens with zero attached hydrogens (tertiary/aromatic N) is 2. The summed E-state index contributed by atoms with van der Waals surface area (Å²) in [6.45, 7) is 2.34. The van der Waals surface area contributed by atoms with Crippen LogP contribution in [0.1, 0.15) is 32.6 Å². The first kappa shape index (κ1) is 24.9. The molecule has 0 bridgehead atoms. The third-order valence-electron chi connectivity index (χ3n) is 5.45. The van der Waals surface area contributed by atoms with E-state index in [1.807, 2.05) is 28.5 Å². The smallest absolute Gasteiger partial charge is 0.224 e. The summed E-state index contributed by atoms with van der Waals surface area (Å²) in [6.07, 6.45) is 4.98. The number of ether oxygens (including phenoxy) is 1. The highest BCUT2D eigenvalue weighted by Gasteiger charge is 2.17. The Balaban J connectivity index is 1.50. The minimum absolute atomic E-state index is 0.0142. The monoisotopic (exact) mass is 520 g/mol. The lowest BCUT2D eigenvalue weighted by Crippen LogP contribution is -2.13. The standard InChI is InChI=1S/C24H26ClFN4O2S2/c1-2-32-22-11-20-17(24(28-14-27-20)29-16-7-8-19(26)18(25)9-16)10-21(22)30-23(31)6-4-3-5-15-12-33-34-13-15/h7-11,14-15H,2-6,12-13H2,1H3,(H,30,31)(H,27,28,29). The normalized spacial score (nSPS) is 13.9. The second-order valence-electron chi connectivity index (χ2n) is 8.00. The van der Waals surface area contributed by atoms with E-state index >= 15 is 0 Å². The SMILES string of the molecule is CCOc1cc2ncnc(Nc3ccc(F)c(Cl)c3)c2cc1NC(=O)CCCCC1CSSC1. The number of amides is 1. The van der Waals surface area contributed by atoms with Crippen LogP contribution in [0.15, 0.2) is 36.7 Å². The zero-order chi connectivity index (χ0) is 23.9. The van der Waals surface area contributed by atoms with Crippen LogP contribution in [0.4, 0.5) is 21.6 Å². The second-order valence-corrected chi connectivity index (χ2v) is 11.0. The molecule has 0 radical (unpaired) electrons. The van der Waals surface area contributed by atoms with Crippen molar-refractivity contribution in [3.05, 3.63) is 47.5 Å². The summed E-state index contributed by atoms with van der Waals surface area (Å²) in [5, 5.41) is 6.86. The summed E-state index contributed by atoms with van der Waals surface area (Å²) in [5.74, 6) is 3.73. The Hall–Kier alpha value is -2.23. The Morgan fingerprint density at radius 1 is 1.21 bits per heavy atom. The van der Waals surface area contributed by atoms with Crippen LogP contribution in [0.2, 0.25) is 5.02 Å². The number of carbonyl (C=O) groups excluding carboxylic acids is 1. The molecule has 4 rings (SSSR count). The van der Waals surface area contributed by atoms with Gasteiger partial charge in [-0.25, -0.2) is 14.4 Å². The molecule has 180 valence electrons. The van der Waals surface area contributed by atoms with Gasteiger partial charge in [0, 0.05) is 35.1 Å². The van der Waals surface area contributed by atoms with Gasteiger partial charge in [-0.05, 0) is 49.9 Å². The molecule has 34 heavy (non-hydrogen) atoms. The first-order valence-electron chi connectivity index (χ1n) is 11.2. The predicted molar refractivity (Wildman–Crippen MR) is 141 cm³/mol. The Labute approximate surface area is 211 Å². The van der Waals surface area contributed by atoms with Crippen molar-refractivity contribution in [3.8, 4) is 5.75 Å². The zero-order valence-corrected chi connectivity index (χ0v) is 21.2. The number of unbranched alkanes of at least 4 members (excludes halogenated alkanes) is 1. The van der Waals surface area contributed by atoms with Crippen LogP contribution in [0.25, 0.3) is 10.9 Å². The van der Waals surface area contributed by atoms with Crippen molar-refractivity contribution in [2.24, 2.45) is 5.92 Å². The largest absolute Gasteiger partial charge is 0.492 e. The van der Waals surface area contributed by atoms with Gasteiger partial charge in [0.2, 0.25) is 5.91 Å². The number of aromatic nitrogens is 2. The quantitative estimate of drug-likeness (QED) is 0.218. The topological polar surface area (TPSA) is 76.1 Å². The molecule has 1 saturated heterocycles. The molecule has 10 heteroatoms. The number of anilines is 3. The van der Waals surface area contributed by atoms with Crippen molar-refractivity contribution in [1.82, 2.24) is 9.97 Å². The van der Waals surface area contributed by atoms with Gasteiger partial charge in [0.15, 0.2) is 0 Å². The number of hydrogen-bond acceptors (Lipinski definition) is 7. The average molecular weight is 521 g/mol. The lowest BCUT2D eigenvalue weighted by atomic mass is 10.0. The van der Waals surface area contributed by atoms with Crippen LogP contribution in [-0.4, -0.2) is 34.0 Å². The molecule has 2 aromatic carbocycles. The Morgan fingerprint density at radius 2 is 2.03 bits per heavy atom. The van der Waals surface area contributed by atoms with Crippen LogP contribution < -0.4 is 15.4 Å². The molecule has 0 spiro atoms. The second kappa shape index (κ2) is 12.0. The third kappa shape index (κ3) is 6.46. The van der Waals surface area contributed by atoms with Gasteiger partial charge in [-0.3, -0.25) is 4.79 Å². The van der Waals surface area contributed by atoms with Gasteiger partial charge in [0.05, 0.1) is 22.8 Å². The van der Waals surface area contributed by atoms with Gasteiger partial charge in [-0.15, -0.1) is 0 Å². The van der Waals surface area contributed by atoms with E-state index in [0.29, 0.717) is 46.9 Å². The molecule has 2 heterocycles. The molecule has 1 aliphatic rings. The predicted octanol–water partition coefficient (Wildman–Crippen LogP) is 7.07. The molecule has 0 atom stereocenters. The Kier molecular flexibility index (Phi) is 8.74. The van der Waals surface area contributed by atoms with E-state index in [9.17, 15) is 9.18 Å². The fourth-order valence-electron chi connectivity index (χ4n) is 3.70. The summed E-state index contributed by atoms with van der Waals surface area (Å²) in [4.78, 5) is 21.4. The summed E-state index contributed by atoms with van der Waals surface area (Å²) in [6, 6.07) is 7.95. The number of carbonyl (C=O) groups is 1. The third-order valence-corrected chi connectivity index (χ3v) is 8.44. The molecule has 0 unspecified atom stereocenters. The van der Waals surface area contributed by atoms with Crippen molar-refractivity contribution in [2.45, 2.75) is 32.6 Å². The van der Waals surface area contributed by atoms with E-state index < -0.39 is 5.82 Å². The minimum Gasteiger partial charge on any atom is -0.492 e.